The molecule has 28 heavy (non-hydrogen) atoms. The molecular formula is C20H16N6S2. The number of thiazole rings is 1. The Labute approximate surface area is 170 Å². The van der Waals surface area contributed by atoms with Gasteiger partial charge in [-0.05, 0) is 36.8 Å². The first-order valence-corrected chi connectivity index (χ1v) is 10.0. The quantitative estimate of drug-likeness (QED) is 0.429. The SMILES string of the molecule is Cc1nc2c(sc(=S)n2Cc2ccccc2)c2nc(Nc3ccccc3)nn12. The summed E-state index contributed by atoms with van der Waals surface area (Å²) in [7, 11) is 0. The second kappa shape index (κ2) is 6.81. The van der Waals surface area contributed by atoms with E-state index in [1.54, 1.807) is 4.52 Å². The minimum Gasteiger partial charge on any atom is -0.323 e. The van der Waals surface area contributed by atoms with Crippen LogP contribution in [0.3, 0.4) is 0 Å². The lowest BCUT2D eigenvalue weighted by molar-refractivity contribution is 0.804. The first-order valence-electron chi connectivity index (χ1n) is 8.82. The van der Waals surface area contributed by atoms with E-state index in [1.165, 1.54) is 16.9 Å². The Morgan fingerprint density at radius 2 is 1.68 bits per heavy atom. The summed E-state index contributed by atoms with van der Waals surface area (Å²) in [5.41, 5.74) is 3.74. The van der Waals surface area contributed by atoms with Crippen molar-refractivity contribution >= 4 is 51.2 Å². The van der Waals surface area contributed by atoms with Crippen LogP contribution in [0.25, 0.3) is 16.0 Å². The average Bonchev–Trinajstić information content (AvgIpc) is 3.26. The second-order valence-corrected chi connectivity index (χ2v) is 8.06. The standard InChI is InChI=1S/C20H16N6S2/c1-13-21-17-16(28-20(27)25(17)12-14-8-4-2-5-9-14)18-23-19(24-26(13)18)22-15-10-6-3-7-11-15/h2-11H,12H2,1H3,(H,22,24). The highest BCUT2D eigenvalue weighted by Crippen LogP contribution is 2.28. The van der Waals surface area contributed by atoms with Crippen LogP contribution in [0.4, 0.5) is 11.6 Å². The number of fused-ring (bicyclic) bond motifs is 3. The number of hydrogen-bond acceptors (Lipinski definition) is 6. The first-order chi connectivity index (χ1) is 13.7. The normalized spacial score (nSPS) is 11.3. The van der Waals surface area contributed by atoms with E-state index < -0.39 is 0 Å². The number of nitrogens with zero attached hydrogens (tertiary/aromatic N) is 5. The maximum Gasteiger partial charge on any atom is 0.247 e. The van der Waals surface area contributed by atoms with Crippen molar-refractivity contribution in [1.29, 1.82) is 0 Å². The fourth-order valence-corrected chi connectivity index (χ4v) is 4.46. The minimum absolute atomic E-state index is 0.539. The van der Waals surface area contributed by atoms with E-state index in [2.05, 4.69) is 27.1 Å². The molecule has 0 atom stereocenters. The second-order valence-electron chi connectivity index (χ2n) is 6.41. The molecule has 8 heteroatoms. The number of aryl methyl sites for hydroxylation is 1. The van der Waals surface area contributed by atoms with Crippen molar-refractivity contribution in [3.05, 3.63) is 76.0 Å². The van der Waals surface area contributed by atoms with Gasteiger partial charge < -0.3 is 9.88 Å². The smallest absolute Gasteiger partial charge is 0.247 e. The van der Waals surface area contributed by atoms with Crippen LogP contribution in [0.1, 0.15) is 11.4 Å². The molecule has 0 spiro atoms. The van der Waals surface area contributed by atoms with Crippen LogP contribution in [0.15, 0.2) is 60.7 Å². The number of rotatable bonds is 4. The molecule has 138 valence electrons. The maximum atomic E-state index is 5.64. The Hall–Kier alpha value is -3.10. The van der Waals surface area contributed by atoms with Crippen LogP contribution >= 0.6 is 23.6 Å². The van der Waals surface area contributed by atoms with Gasteiger partial charge in [-0.25, -0.2) is 4.98 Å². The molecule has 0 aliphatic carbocycles. The lowest BCUT2D eigenvalue weighted by atomic mass is 10.2. The monoisotopic (exact) mass is 404 g/mol. The van der Waals surface area contributed by atoms with Gasteiger partial charge in [-0.3, -0.25) is 0 Å². The van der Waals surface area contributed by atoms with Crippen LogP contribution in [-0.2, 0) is 6.54 Å². The highest BCUT2D eigenvalue weighted by Gasteiger charge is 2.16. The Balaban J connectivity index is 1.63. The zero-order valence-electron chi connectivity index (χ0n) is 15.0. The highest BCUT2D eigenvalue weighted by molar-refractivity contribution is 7.73. The molecule has 3 aromatic heterocycles. The molecule has 0 fully saturated rings. The summed E-state index contributed by atoms with van der Waals surface area (Å²) in [6, 6.07) is 20.1. The summed E-state index contributed by atoms with van der Waals surface area (Å²) in [5, 5.41) is 7.82. The van der Waals surface area contributed by atoms with Gasteiger partial charge in [0.2, 0.25) is 5.95 Å². The van der Waals surface area contributed by atoms with Crippen molar-refractivity contribution in [2.75, 3.05) is 5.32 Å². The number of benzene rings is 2. The molecule has 6 nitrogen and oxygen atoms in total. The summed E-state index contributed by atoms with van der Waals surface area (Å²) in [6.07, 6.45) is 0. The van der Waals surface area contributed by atoms with Gasteiger partial charge in [0, 0.05) is 5.69 Å². The van der Waals surface area contributed by atoms with E-state index in [0.717, 1.165) is 31.5 Å². The van der Waals surface area contributed by atoms with Crippen molar-refractivity contribution in [3.63, 3.8) is 0 Å². The first kappa shape index (κ1) is 17.0. The average molecular weight is 405 g/mol. The molecule has 5 aromatic rings. The largest absolute Gasteiger partial charge is 0.323 e. The van der Waals surface area contributed by atoms with Gasteiger partial charge in [0.25, 0.3) is 0 Å². The molecule has 5 rings (SSSR count). The molecule has 0 amide bonds. The summed E-state index contributed by atoms with van der Waals surface area (Å²) < 4.78 is 5.56. The third-order valence-electron chi connectivity index (χ3n) is 4.47. The van der Waals surface area contributed by atoms with Crippen LogP contribution in [0.5, 0.6) is 0 Å². The van der Waals surface area contributed by atoms with E-state index in [9.17, 15) is 0 Å². The Bertz CT molecular complexity index is 1340. The maximum absolute atomic E-state index is 5.64. The van der Waals surface area contributed by atoms with E-state index in [1.807, 2.05) is 55.5 Å². The zero-order chi connectivity index (χ0) is 19.1. The lowest BCUT2D eigenvalue weighted by Gasteiger charge is -2.05. The van der Waals surface area contributed by atoms with Crippen LogP contribution in [-0.4, -0.2) is 24.1 Å². The topological polar surface area (TPSA) is 60.0 Å². The van der Waals surface area contributed by atoms with Gasteiger partial charge in [-0.15, -0.1) is 5.10 Å². The number of nitrogens with one attached hydrogen (secondary N) is 1. The van der Waals surface area contributed by atoms with Crippen LogP contribution in [0, 0.1) is 10.9 Å². The molecule has 0 saturated carbocycles. The van der Waals surface area contributed by atoms with Crippen molar-refractivity contribution in [1.82, 2.24) is 24.1 Å². The van der Waals surface area contributed by atoms with E-state index >= 15 is 0 Å². The number of aromatic nitrogens is 5. The lowest BCUT2D eigenvalue weighted by Crippen LogP contribution is -2.04. The Morgan fingerprint density at radius 3 is 2.43 bits per heavy atom. The summed E-state index contributed by atoms with van der Waals surface area (Å²) in [5.74, 6) is 1.31. The van der Waals surface area contributed by atoms with Gasteiger partial charge in [0.1, 0.15) is 10.5 Å². The van der Waals surface area contributed by atoms with Gasteiger partial charge in [-0.1, -0.05) is 59.9 Å². The predicted octanol–water partition coefficient (Wildman–Crippen LogP) is 4.97. The summed E-state index contributed by atoms with van der Waals surface area (Å²) in [6.45, 7) is 2.62. The van der Waals surface area contributed by atoms with Gasteiger partial charge in [0.05, 0.1) is 6.54 Å². The van der Waals surface area contributed by atoms with Gasteiger partial charge in [0.15, 0.2) is 15.2 Å². The number of hydrogen-bond donors (Lipinski definition) is 1. The van der Waals surface area contributed by atoms with Gasteiger partial charge >= 0.3 is 0 Å². The molecule has 0 unspecified atom stereocenters. The van der Waals surface area contributed by atoms with Crippen molar-refractivity contribution in [3.8, 4) is 0 Å². The predicted molar refractivity (Wildman–Crippen MR) is 115 cm³/mol. The third kappa shape index (κ3) is 2.96. The molecule has 1 N–H and O–H groups in total. The van der Waals surface area contributed by atoms with Crippen molar-refractivity contribution in [2.24, 2.45) is 0 Å². The number of para-hydroxylation sites is 1. The number of anilines is 2. The van der Waals surface area contributed by atoms with Crippen molar-refractivity contribution in [2.45, 2.75) is 13.5 Å². The third-order valence-corrected chi connectivity index (χ3v) is 5.90. The molecule has 2 aromatic carbocycles. The van der Waals surface area contributed by atoms with E-state index in [4.69, 9.17) is 22.2 Å². The van der Waals surface area contributed by atoms with E-state index in [0.29, 0.717) is 12.5 Å². The molecule has 0 aliphatic heterocycles. The highest BCUT2D eigenvalue weighted by atomic mass is 32.1. The molecule has 3 heterocycles. The minimum atomic E-state index is 0.539. The fourth-order valence-electron chi connectivity index (χ4n) is 3.15. The van der Waals surface area contributed by atoms with Crippen LogP contribution < -0.4 is 5.32 Å². The molecule has 0 radical (unpaired) electrons. The molecule has 0 saturated heterocycles. The summed E-state index contributed by atoms with van der Waals surface area (Å²) >= 11 is 7.16. The molecule has 0 bridgehead atoms. The fraction of sp³-hybridized carbons (Fsp3) is 0.100. The van der Waals surface area contributed by atoms with Crippen molar-refractivity contribution < 1.29 is 0 Å². The Kier molecular flexibility index (Phi) is 4.14. The molecular weight excluding hydrogens is 388 g/mol. The van der Waals surface area contributed by atoms with Crippen LogP contribution in [0.2, 0.25) is 0 Å². The van der Waals surface area contributed by atoms with E-state index in [-0.39, 0.29) is 0 Å². The zero-order valence-corrected chi connectivity index (χ0v) is 16.7. The molecule has 0 aliphatic rings. The van der Waals surface area contributed by atoms with Gasteiger partial charge in [-0.2, -0.15) is 9.50 Å². The Morgan fingerprint density at radius 1 is 0.964 bits per heavy atom. The summed E-state index contributed by atoms with van der Waals surface area (Å²) in [4.78, 5) is 9.49.